The molecule has 7 nitrogen and oxygen atoms in total. The van der Waals surface area contributed by atoms with Crippen molar-refractivity contribution in [1.29, 1.82) is 0 Å². The minimum absolute atomic E-state index is 0.00270. The highest BCUT2D eigenvalue weighted by molar-refractivity contribution is 5.93. The number of imidazole rings is 1. The second-order valence-corrected chi connectivity index (χ2v) is 11.3. The summed E-state index contributed by atoms with van der Waals surface area (Å²) in [6.45, 7) is 6.51. The maximum Gasteiger partial charge on any atom is 0.309 e. The van der Waals surface area contributed by atoms with Gasteiger partial charge in [-0.05, 0) is 98.8 Å². The topological polar surface area (TPSA) is 85.6 Å². The molecule has 222 valence electrons. The first-order chi connectivity index (χ1) is 20.8. The van der Waals surface area contributed by atoms with Crippen LogP contribution < -0.4 is 5.32 Å². The van der Waals surface area contributed by atoms with Gasteiger partial charge in [-0.25, -0.2) is 14.4 Å². The second-order valence-electron chi connectivity index (χ2n) is 11.3. The van der Waals surface area contributed by atoms with Crippen LogP contribution in [-0.4, -0.2) is 39.4 Å². The van der Waals surface area contributed by atoms with Crippen LogP contribution in [0.2, 0.25) is 0 Å². The largest absolute Gasteiger partial charge is 0.466 e. The number of hydrogen-bond acceptors (Lipinski definition) is 5. The summed E-state index contributed by atoms with van der Waals surface area (Å²) in [6, 6.07) is 14.2. The lowest BCUT2D eigenvalue weighted by atomic mass is 9.98. The minimum Gasteiger partial charge on any atom is -0.466 e. The number of aromatic nitrogens is 3. The van der Waals surface area contributed by atoms with Crippen LogP contribution in [0, 0.1) is 17.7 Å². The maximum absolute atomic E-state index is 15.9. The number of allylic oxidation sites excluding steroid dienone is 2. The first-order valence-corrected chi connectivity index (χ1v) is 14.8. The van der Waals surface area contributed by atoms with Gasteiger partial charge in [-0.1, -0.05) is 36.4 Å². The number of nitrogens with one attached hydrogen (secondary N) is 1. The molecule has 0 unspecified atom stereocenters. The van der Waals surface area contributed by atoms with E-state index in [9.17, 15) is 9.59 Å². The van der Waals surface area contributed by atoms with Crippen molar-refractivity contribution in [2.75, 3.05) is 13.2 Å². The van der Waals surface area contributed by atoms with E-state index in [0.717, 1.165) is 24.0 Å². The van der Waals surface area contributed by atoms with E-state index < -0.39 is 11.8 Å². The summed E-state index contributed by atoms with van der Waals surface area (Å²) in [4.78, 5) is 34.0. The molecule has 0 aliphatic heterocycles. The molecule has 9 heteroatoms. The Morgan fingerprint density at radius 2 is 1.91 bits per heavy atom. The monoisotopic (exact) mass is 584 g/mol. The lowest BCUT2D eigenvalue weighted by Gasteiger charge is -2.11. The normalized spacial score (nSPS) is 18.1. The first-order valence-electron chi connectivity index (χ1n) is 14.8. The van der Waals surface area contributed by atoms with E-state index in [4.69, 9.17) is 4.74 Å². The quantitative estimate of drug-likeness (QED) is 0.212. The summed E-state index contributed by atoms with van der Waals surface area (Å²) in [5, 5.41) is 2.94. The van der Waals surface area contributed by atoms with Gasteiger partial charge in [0.15, 0.2) is 0 Å². The molecule has 2 atom stereocenters. The Labute approximate surface area is 249 Å². The second kappa shape index (κ2) is 11.7. The first kappa shape index (κ1) is 28.7. The molecular formula is C34H34F2N4O3. The number of carbonyl (C=O) groups is 2. The smallest absolute Gasteiger partial charge is 0.309 e. The Morgan fingerprint density at radius 1 is 1.12 bits per heavy atom. The third-order valence-corrected chi connectivity index (χ3v) is 8.41. The van der Waals surface area contributed by atoms with Crippen LogP contribution in [0.5, 0.6) is 0 Å². The number of fused-ring (bicyclic) bond motifs is 1. The molecule has 1 N–H and O–H groups in total. The van der Waals surface area contributed by atoms with Gasteiger partial charge >= 0.3 is 5.97 Å². The summed E-state index contributed by atoms with van der Waals surface area (Å²) in [5.74, 6) is -2.29. The Morgan fingerprint density at radius 3 is 2.63 bits per heavy atom. The number of hydrogen-bond donors (Lipinski definition) is 1. The predicted octanol–water partition coefficient (Wildman–Crippen LogP) is 6.61. The van der Waals surface area contributed by atoms with E-state index in [-0.39, 0.29) is 52.4 Å². The number of carbonyl (C=O) groups excluding carboxylic acids is 2. The molecule has 2 aromatic carbocycles. The molecule has 2 aliphatic rings. The van der Waals surface area contributed by atoms with Gasteiger partial charge < -0.3 is 10.1 Å². The van der Waals surface area contributed by atoms with Gasteiger partial charge in [-0.15, -0.1) is 0 Å². The molecule has 0 spiro atoms. The highest BCUT2D eigenvalue weighted by Gasteiger charge is 2.45. The summed E-state index contributed by atoms with van der Waals surface area (Å²) in [7, 11) is 0. The SMILES string of the molecule is C/C=C(/C)c1ccccc1CCNC(=O)c1cc(C2CC2)n2c(F)c(-c3ccc([C@@H]4C[C@H]4C(=O)OCC)cc3F)nc2n1. The maximum atomic E-state index is 15.9. The molecule has 0 radical (unpaired) electrons. The Bertz CT molecular complexity index is 1760. The van der Waals surface area contributed by atoms with Crippen LogP contribution in [0.25, 0.3) is 22.6 Å². The highest BCUT2D eigenvalue weighted by atomic mass is 19.1. The van der Waals surface area contributed by atoms with Gasteiger partial charge in [0, 0.05) is 17.8 Å². The third-order valence-electron chi connectivity index (χ3n) is 8.41. The molecule has 2 fully saturated rings. The van der Waals surface area contributed by atoms with E-state index in [0.29, 0.717) is 37.3 Å². The molecule has 1 amide bonds. The Hall–Kier alpha value is -4.40. The van der Waals surface area contributed by atoms with Crippen molar-refractivity contribution in [1.82, 2.24) is 19.7 Å². The van der Waals surface area contributed by atoms with Crippen LogP contribution in [-0.2, 0) is 16.0 Å². The zero-order chi connectivity index (χ0) is 30.2. The van der Waals surface area contributed by atoms with Crippen molar-refractivity contribution in [3.63, 3.8) is 0 Å². The summed E-state index contributed by atoms with van der Waals surface area (Å²) in [6.07, 6.45) is 5.02. The van der Waals surface area contributed by atoms with Gasteiger partial charge in [-0.3, -0.25) is 14.0 Å². The van der Waals surface area contributed by atoms with Crippen molar-refractivity contribution < 1.29 is 23.1 Å². The summed E-state index contributed by atoms with van der Waals surface area (Å²) >= 11 is 0. The van der Waals surface area contributed by atoms with E-state index in [1.165, 1.54) is 22.1 Å². The number of halogens is 2. The van der Waals surface area contributed by atoms with E-state index in [1.54, 1.807) is 19.1 Å². The zero-order valence-electron chi connectivity index (χ0n) is 24.5. The van der Waals surface area contributed by atoms with Gasteiger partial charge in [0.05, 0.1) is 12.5 Å². The average Bonchev–Trinajstić information content (AvgIpc) is 3.94. The number of amides is 1. The summed E-state index contributed by atoms with van der Waals surface area (Å²) < 4.78 is 37.6. The number of nitrogens with zero attached hydrogens (tertiary/aromatic N) is 3. The van der Waals surface area contributed by atoms with Gasteiger partial charge in [0.1, 0.15) is 17.2 Å². The molecule has 43 heavy (non-hydrogen) atoms. The molecule has 6 rings (SSSR count). The number of ether oxygens (including phenoxy) is 1. The molecule has 2 aromatic heterocycles. The fourth-order valence-electron chi connectivity index (χ4n) is 5.71. The zero-order valence-corrected chi connectivity index (χ0v) is 24.5. The van der Waals surface area contributed by atoms with Crippen molar-refractivity contribution in [2.45, 2.75) is 58.3 Å². The van der Waals surface area contributed by atoms with Crippen molar-refractivity contribution in [2.24, 2.45) is 5.92 Å². The summed E-state index contributed by atoms with van der Waals surface area (Å²) in [5.41, 5.74) is 4.71. The van der Waals surface area contributed by atoms with Crippen molar-refractivity contribution in [3.8, 4) is 11.3 Å². The molecule has 4 aromatic rings. The van der Waals surface area contributed by atoms with Crippen LogP contribution >= 0.6 is 0 Å². The van der Waals surface area contributed by atoms with Crippen molar-refractivity contribution in [3.05, 3.63) is 94.5 Å². The van der Waals surface area contributed by atoms with Crippen LogP contribution in [0.3, 0.4) is 0 Å². The molecule has 0 saturated heterocycles. The van der Waals surface area contributed by atoms with Crippen LogP contribution in [0.1, 0.15) is 84.7 Å². The van der Waals surface area contributed by atoms with Crippen LogP contribution in [0.15, 0.2) is 54.6 Å². The van der Waals surface area contributed by atoms with Crippen molar-refractivity contribution >= 4 is 23.2 Å². The lowest BCUT2D eigenvalue weighted by Crippen LogP contribution is -2.27. The van der Waals surface area contributed by atoms with Gasteiger partial charge in [-0.2, -0.15) is 4.39 Å². The van der Waals surface area contributed by atoms with E-state index in [1.807, 2.05) is 25.1 Å². The minimum atomic E-state index is -0.713. The number of esters is 1. The average molecular weight is 585 g/mol. The Kier molecular flexibility index (Phi) is 7.81. The molecule has 0 bridgehead atoms. The predicted molar refractivity (Wildman–Crippen MR) is 160 cm³/mol. The fourth-order valence-corrected chi connectivity index (χ4v) is 5.71. The Balaban J connectivity index is 1.24. The van der Waals surface area contributed by atoms with Gasteiger partial charge in [0.25, 0.3) is 5.91 Å². The standard InChI is InChI=1S/C34H34F2N4O3/c1-4-19(3)23-9-7-6-8-20(23)14-15-37-32(41)28-18-29(21-10-11-21)40-31(36)30(39-34(40)38-28)24-13-12-22(16-27(24)35)25-17-26(25)33(42)43-5-2/h4,6-9,12-13,16,18,21,25-26H,5,10-11,14-15,17H2,1-3H3,(H,37,41)/b19-4-/t25-,26+/m0/s1. The molecule has 2 saturated carbocycles. The molecule has 2 aliphatic carbocycles. The lowest BCUT2D eigenvalue weighted by molar-refractivity contribution is -0.144. The molecule has 2 heterocycles. The number of rotatable bonds is 10. The van der Waals surface area contributed by atoms with Crippen LogP contribution in [0.4, 0.5) is 8.78 Å². The van der Waals surface area contributed by atoms with Gasteiger partial charge in [0.2, 0.25) is 11.7 Å². The van der Waals surface area contributed by atoms with E-state index in [2.05, 4.69) is 34.4 Å². The fraction of sp³-hybridized carbons (Fsp3) is 0.353. The molecular weight excluding hydrogens is 550 g/mol. The van der Waals surface area contributed by atoms with E-state index >= 15 is 8.78 Å². The third kappa shape index (κ3) is 5.68. The number of benzene rings is 2. The highest BCUT2D eigenvalue weighted by Crippen LogP contribution is 2.49.